The second kappa shape index (κ2) is 9.33. The van der Waals surface area contributed by atoms with Gasteiger partial charge in [0.25, 0.3) is 0 Å². The Morgan fingerprint density at radius 2 is 2.00 bits per heavy atom. The average molecular weight is 388 g/mol. The summed E-state index contributed by atoms with van der Waals surface area (Å²) in [5.74, 6) is 1.64. The minimum absolute atomic E-state index is 0.171. The van der Waals surface area contributed by atoms with Crippen molar-refractivity contribution < 1.29 is 9.22 Å². The lowest BCUT2D eigenvalue weighted by atomic mass is 9.60. The highest BCUT2D eigenvalue weighted by molar-refractivity contribution is 5.36. The normalized spacial score (nSPS) is 39.7. The molecule has 0 heterocycles. The zero-order chi connectivity index (χ0) is 22.8. The van der Waals surface area contributed by atoms with Gasteiger partial charge in [-0.1, -0.05) is 76.8 Å². The lowest BCUT2D eigenvalue weighted by molar-refractivity contribution is 0.0929. The first kappa shape index (κ1) is 18.0. The zero-order valence-corrected chi connectivity index (χ0v) is 18.5. The fourth-order valence-electron chi connectivity index (χ4n) is 6.19. The topological polar surface area (TPSA) is 20.2 Å². The van der Waals surface area contributed by atoms with Gasteiger partial charge in [0.15, 0.2) is 0 Å². The first-order chi connectivity index (χ1) is 14.6. The van der Waals surface area contributed by atoms with E-state index in [4.69, 9.17) is 4.11 Å². The van der Waals surface area contributed by atoms with E-state index in [1.807, 2.05) is 0 Å². The molecule has 3 aliphatic carbocycles. The van der Waals surface area contributed by atoms with Crippen LogP contribution in [-0.2, 0) is 0 Å². The SMILES string of the molecule is [2H]C([2H])([2H])[C@]12CCC/C(=C\C=C3\C[C@@H](O)CCC3=C)[C@@H]1CC[C@@H]2[C@@H](C)CCCC(C)C. The molecule has 3 rings (SSSR count). The van der Waals surface area contributed by atoms with Gasteiger partial charge in [0, 0.05) is 4.11 Å². The molecule has 1 heteroatoms. The van der Waals surface area contributed by atoms with Crippen LogP contribution in [0.4, 0.5) is 0 Å². The summed E-state index contributed by atoms with van der Waals surface area (Å²) < 4.78 is 25.9. The predicted molar refractivity (Wildman–Crippen MR) is 121 cm³/mol. The summed E-state index contributed by atoms with van der Waals surface area (Å²) in [5.41, 5.74) is 3.05. The quantitative estimate of drug-likeness (QED) is 0.497. The third kappa shape index (κ3) is 4.84. The molecule has 0 aromatic carbocycles. The highest BCUT2D eigenvalue weighted by Crippen LogP contribution is 2.59. The number of hydrogen-bond donors (Lipinski definition) is 1. The van der Waals surface area contributed by atoms with Crippen LogP contribution in [-0.4, -0.2) is 11.2 Å². The summed E-state index contributed by atoms with van der Waals surface area (Å²) in [5, 5.41) is 10.1. The van der Waals surface area contributed by atoms with Gasteiger partial charge in [-0.15, -0.1) is 0 Å². The number of hydrogen-bond acceptors (Lipinski definition) is 1. The highest BCUT2D eigenvalue weighted by atomic mass is 16.3. The summed E-state index contributed by atoms with van der Waals surface area (Å²) in [6, 6.07) is 0. The van der Waals surface area contributed by atoms with E-state index < -0.39 is 12.3 Å². The lowest BCUT2D eigenvalue weighted by Crippen LogP contribution is -2.36. The maximum atomic E-state index is 10.1. The van der Waals surface area contributed by atoms with Crippen LogP contribution in [0.25, 0.3) is 0 Å². The number of rotatable bonds is 6. The number of allylic oxidation sites excluding steroid dienone is 4. The van der Waals surface area contributed by atoms with Crippen molar-refractivity contribution in [3.63, 3.8) is 0 Å². The van der Waals surface area contributed by atoms with Crippen molar-refractivity contribution in [3.05, 3.63) is 35.5 Å². The molecular formula is C27H44O. The van der Waals surface area contributed by atoms with Crippen molar-refractivity contribution in [2.75, 3.05) is 0 Å². The Bertz CT molecular complexity index is 702. The minimum Gasteiger partial charge on any atom is -0.393 e. The standard InChI is InChI=1S/C27H44O/c1-19(2)8-6-9-21(4)25-15-16-26-22(10-7-17-27(25,26)5)12-13-23-18-24(28)14-11-20(23)3/h12-13,19,21,24-26,28H,3,6-11,14-18H2,1-2,4-5H3/b22-12+,23-13-/t21-,24-,25+,26-,27+/m0/s1/i5D3. The highest BCUT2D eigenvalue weighted by Gasteiger charge is 2.50. The first-order valence-corrected chi connectivity index (χ1v) is 11.8. The van der Waals surface area contributed by atoms with Gasteiger partial charge in [-0.05, 0) is 86.0 Å². The van der Waals surface area contributed by atoms with E-state index >= 15 is 0 Å². The molecule has 28 heavy (non-hydrogen) atoms. The largest absolute Gasteiger partial charge is 0.393 e. The molecule has 0 aliphatic heterocycles. The molecule has 158 valence electrons. The maximum absolute atomic E-state index is 10.1. The molecule has 0 saturated heterocycles. The van der Waals surface area contributed by atoms with Crippen LogP contribution in [0, 0.1) is 29.1 Å². The van der Waals surface area contributed by atoms with Gasteiger partial charge >= 0.3 is 0 Å². The maximum Gasteiger partial charge on any atom is 0.0583 e. The van der Waals surface area contributed by atoms with Gasteiger partial charge in [-0.25, -0.2) is 0 Å². The van der Waals surface area contributed by atoms with E-state index in [0.29, 0.717) is 24.2 Å². The molecule has 0 amide bonds. The van der Waals surface area contributed by atoms with Crippen molar-refractivity contribution >= 4 is 0 Å². The van der Waals surface area contributed by atoms with Crippen LogP contribution < -0.4 is 0 Å². The number of aliphatic hydroxyl groups is 1. The number of fused-ring (bicyclic) bond motifs is 1. The molecule has 5 atom stereocenters. The molecule has 0 radical (unpaired) electrons. The van der Waals surface area contributed by atoms with Gasteiger partial charge in [-0.2, -0.15) is 0 Å². The van der Waals surface area contributed by atoms with Crippen LogP contribution in [0.5, 0.6) is 0 Å². The van der Waals surface area contributed by atoms with Gasteiger partial charge in [0.1, 0.15) is 0 Å². The van der Waals surface area contributed by atoms with E-state index in [-0.39, 0.29) is 12.0 Å². The Morgan fingerprint density at radius 3 is 2.75 bits per heavy atom. The molecule has 0 spiro atoms. The van der Waals surface area contributed by atoms with E-state index in [2.05, 4.69) is 39.5 Å². The van der Waals surface area contributed by atoms with E-state index in [9.17, 15) is 5.11 Å². The predicted octanol–water partition coefficient (Wildman–Crippen LogP) is 7.62. The Kier molecular flexibility index (Phi) is 5.99. The van der Waals surface area contributed by atoms with Gasteiger partial charge in [0.2, 0.25) is 0 Å². The van der Waals surface area contributed by atoms with E-state index in [0.717, 1.165) is 62.5 Å². The monoisotopic (exact) mass is 387 g/mol. The van der Waals surface area contributed by atoms with Crippen molar-refractivity contribution in [3.8, 4) is 0 Å². The zero-order valence-electron chi connectivity index (χ0n) is 21.5. The summed E-state index contributed by atoms with van der Waals surface area (Å²) in [6.45, 7) is 9.13. The molecule has 0 aromatic rings. The molecule has 3 saturated carbocycles. The smallest absolute Gasteiger partial charge is 0.0583 e. The Balaban J connectivity index is 1.85. The van der Waals surface area contributed by atoms with Crippen molar-refractivity contribution in [1.29, 1.82) is 0 Å². The van der Waals surface area contributed by atoms with E-state index in [1.165, 1.54) is 18.4 Å². The molecule has 3 aliphatic rings. The minimum atomic E-state index is -1.91. The molecule has 0 bridgehead atoms. The summed E-state index contributed by atoms with van der Waals surface area (Å²) in [4.78, 5) is 0. The summed E-state index contributed by atoms with van der Waals surface area (Å²) in [6.07, 6.45) is 14.9. The molecule has 1 N–H and O–H groups in total. The van der Waals surface area contributed by atoms with Crippen molar-refractivity contribution in [1.82, 2.24) is 0 Å². The average Bonchev–Trinajstić information content (AvgIpc) is 3.10. The Morgan fingerprint density at radius 1 is 1.18 bits per heavy atom. The fraction of sp³-hybridized carbons (Fsp3) is 0.778. The summed E-state index contributed by atoms with van der Waals surface area (Å²) >= 11 is 0. The van der Waals surface area contributed by atoms with E-state index in [1.54, 1.807) is 0 Å². The number of aliphatic hydroxyl groups excluding tert-OH is 1. The van der Waals surface area contributed by atoms with Crippen LogP contribution in [0.15, 0.2) is 35.5 Å². The van der Waals surface area contributed by atoms with Crippen molar-refractivity contribution in [2.24, 2.45) is 29.1 Å². The second-order valence-corrected chi connectivity index (χ2v) is 10.4. The van der Waals surface area contributed by atoms with Crippen LogP contribution in [0.2, 0.25) is 0 Å². The second-order valence-electron chi connectivity index (χ2n) is 10.4. The third-order valence-corrected chi connectivity index (χ3v) is 7.87. The Labute approximate surface area is 178 Å². The first-order valence-electron chi connectivity index (χ1n) is 13.3. The fourth-order valence-corrected chi connectivity index (χ4v) is 6.19. The third-order valence-electron chi connectivity index (χ3n) is 7.87. The van der Waals surface area contributed by atoms with Crippen molar-refractivity contribution in [2.45, 2.75) is 104 Å². The molecular weight excluding hydrogens is 340 g/mol. The van der Waals surface area contributed by atoms with Gasteiger partial charge in [-0.3, -0.25) is 0 Å². The van der Waals surface area contributed by atoms with Crippen LogP contribution in [0.3, 0.4) is 0 Å². The summed E-state index contributed by atoms with van der Waals surface area (Å²) in [7, 11) is 0. The molecule has 1 nitrogen and oxygen atoms in total. The van der Waals surface area contributed by atoms with Crippen LogP contribution >= 0.6 is 0 Å². The molecule has 0 aromatic heterocycles. The Hall–Kier alpha value is -0.820. The van der Waals surface area contributed by atoms with Gasteiger partial charge in [0.05, 0.1) is 6.10 Å². The van der Waals surface area contributed by atoms with Crippen LogP contribution in [0.1, 0.15) is 102 Å². The lowest BCUT2D eigenvalue weighted by Gasteiger charge is -2.44. The molecule has 3 fully saturated rings. The molecule has 0 unspecified atom stereocenters. The van der Waals surface area contributed by atoms with Gasteiger partial charge < -0.3 is 5.11 Å².